The average molecular weight is 258 g/mol. The Balaban J connectivity index is 1.94. The molecular formula is C13H17ClFNO. The Morgan fingerprint density at radius 3 is 2.88 bits per heavy atom. The molecule has 0 amide bonds. The molecule has 1 aliphatic rings. The summed E-state index contributed by atoms with van der Waals surface area (Å²) in [4.78, 5) is 0. The summed E-state index contributed by atoms with van der Waals surface area (Å²) >= 11 is 5.82. The van der Waals surface area contributed by atoms with Crippen molar-refractivity contribution in [2.24, 2.45) is 5.73 Å². The van der Waals surface area contributed by atoms with Crippen LogP contribution in [-0.4, -0.2) is 12.1 Å². The minimum Gasteiger partial charge on any atom is -0.372 e. The fourth-order valence-corrected chi connectivity index (χ4v) is 2.38. The maximum atomic E-state index is 13.5. The molecular weight excluding hydrogens is 241 g/mol. The minimum absolute atomic E-state index is 0.0436. The molecule has 1 saturated carbocycles. The van der Waals surface area contributed by atoms with E-state index in [9.17, 15) is 4.39 Å². The van der Waals surface area contributed by atoms with Gasteiger partial charge in [-0.2, -0.15) is 0 Å². The molecule has 2 unspecified atom stereocenters. The van der Waals surface area contributed by atoms with Crippen LogP contribution in [0, 0.1) is 5.82 Å². The fraction of sp³-hybridized carbons (Fsp3) is 0.538. The molecule has 1 aliphatic carbocycles. The molecule has 1 fully saturated rings. The largest absolute Gasteiger partial charge is 0.372 e. The van der Waals surface area contributed by atoms with Crippen LogP contribution in [0.1, 0.15) is 31.2 Å². The van der Waals surface area contributed by atoms with Crippen molar-refractivity contribution in [2.75, 3.05) is 0 Å². The van der Waals surface area contributed by atoms with Crippen LogP contribution in [0.25, 0.3) is 0 Å². The van der Waals surface area contributed by atoms with E-state index in [2.05, 4.69) is 0 Å². The van der Waals surface area contributed by atoms with Gasteiger partial charge in [-0.15, -0.1) is 0 Å². The SMILES string of the molecule is NC1CCCCC1OCc1cc(Cl)ccc1F. The van der Waals surface area contributed by atoms with Crippen LogP contribution in [-0.2, 0) is 11.3 Å². The third-order valence-corrected chi connectivity index (χ3v) is 3.45. The zero-order chi connectivity index (χ0) is 12.3. The third kappa shape index (κ3) is 3.41. The molecule has 0 heterocycles. The third-order valence-electron chi connectivity index (χ3n) is 3.21. The van der Waals surface area contributed by atoms with Crippen LogP contribution in [0.3, 0.4) is 0 Å². The van der Waals surface area contributed by atoms with Crippen molar-refractivity contribution in [2.45, 2.75) is 44.4 Å². The highest BCUT2D eigenvalue weighted by molar-refractivity contribution is 6.30. The Morgan fingerprint density at radius 1 is 1.35 bits per heavy atom. The average Bonchev–Trinajstić information content (AvgIpc) is 2.32. The first-order chi connectivity index (χ1) is 8.16. The standard InChI is InChI=1S/C13H17ClFNO/c14-10-5-6-11(15)9(7-10)8-17-13-4-2-1-3-12(13)16/h5-7,12-13H,1-4,8,16H2. The summed E-state index contributed by atoms with van der Waals surface area (Å²) in [6.07, 6.45) is 4.29. The molecule has 1 aromatic carbocycles. The first-order valence-electron chi connectivity index (χ1n) is 5.98. The lowest BCUT2D eigenvalue weighted by atomic mass is 9.93. The zero-order valence-corrected chi connectivity index (χ0v) is 10.4. The van der Waals surface area contributed by atoms with Crippen molar-refractivity contribution >= 4 is 11.6 Å². The summed E-state index contributed by atoms with van der Waals surface area (Å²) in [5.74, 6) is -0.279. The molecule has 2 nitrogen and oxygen atoms in total. The maximum Gasteiger partial charge on any atom is 0.128 e. The lowest BCUT2D eigenvalue weighted by Gasteiger charge is -2.28. The van der Waals surface area contributed by atoms with E-state index in [0.29, 0.717) is 10.6 Å². The molecule has 0 radical (unpaired) electrons. The predicted molar refractivity (Wildman–Crippen MR) is 66.4 cm³/mol. The van der Waals surface area contributed by atoms with E-state index in [1.807, 2.05) is 0 Å². The van der Waals surface area contributed by atoms with Gasteiger partial charge in [-0.1, -0.05) is 24.4 Å². The van der Waals surface area contributed by atoms with Crippen LogP contribution in [0.4, 0.5) is 4.39 Å². The van der Waals surface area contributed by atoms with Gasteiger partial charge in [0, 0.05) is 16.6 Å². The second kappa shape index (κ2) is 5.80. The molecule has 4 heteroatoms. The second-order valence-electron chi connectivity index (χ2n) is 4.53. The van der Waals surface area contributed by atoms with Gasteiger partial charge in [-0.25, -0.2) is 4.39 Å². The summed E-state index contributed by atoms with van der Waals surface area (Å²) in [5, 5.41) is 0.526. The van der Waals surface area contributed by atoms with E-state index in [1.54, 1.807) is 6.07 Å². The van der Waals surface area contributed by atoms with Crippen molar-refractivity contribution in [1.82, 2.24) is 0 Å². The molecule has 0 aromatic heterocycles. The topological polar surface area (TPSA) is 35.2 Å². The highest BCUT2D eigenvalue weighted by Gasteiger charge is 2.22. The summed E-state index contributed by atoms with van der Waals surface area (Å²) in [6, 6.07) is 4.57. The number of nitrogens with two attached hydrogens (primary N) is 1. The summed E-state index contributed by atoms with van der Waals surface area (Å²) in [7, 11) is 0. The molecule has 0 aliphatic heterocycles. The minimum atomic E-state index is -0.279. The summed E-state index contributed by atoms with van der Waals surface area (Å²) in [5.41, 5.74) is 6.46. The van der Waals surface area contributed by atoms with Crippen molar-refractivity contribution in [3.8, 4) is 0 Å². The first kappa shape index (κ1) is 12.8. The van der Waals surface area contributed by atoms with Crippen LogP contribution < -0.4 is 5.73 Å². The van der Waals surface area contributed by atoms with Gasteiger partial charge >= 0.3 is 0 Å². The molecule has 0 spiro atoms. The van der Waals surface area contributed by atoms with Crippen LogP contribution in [0.15, 0.2) is 18.2 Å². The highest BCUT2D eigenvalue weighted by Crippen LogP contribution is 2.22. The molecule has 0 bridgehead atoms. The Hall–Kier alpha value is -0.640. The quantitative estimate of drug-likeness (QED) is 0.902. The van der Waals surface area contributed by atoms with E-state index in [1.165, 1.54) is 12.1 Å². The highest BCUT2D eigenvalue weighted by atomic mass is 35.5. The van der Waals surface area contributed by atoms with Crippen LogP contribution in [0.5, 0.6) is 0 Å². The number of hydrogen-bond donors (Lipinski definition) is 1. The van der Waals surface area contributed by atoms with Gasteiger partial charge in [0.1, 0.15) is 5.82 Å². The molecule has 17 heavy (non-hydrogen) atoms. The van der Waals surface area contributed by atoms with Crippen molar-refractivity contribution in [1.29, 1.82) is 0 Å². The molecule has 2 atom stereocenters. The van der Waals surface area contributed by atoms with E-state index in [4.69, 9.17) is 22.1 Å². The molecule has 2 N–H and O–H groups in total. The summed E-state index contributed by atoms with van der Waals surface area (Å²) in [6.45, 7) is 0.241. The first-order valence-corrected chi connectivity index (χ1v) is 6.36. The van der Waals surface area contributed by atoms with E-state index >= 15 is 0 Å². The Kier molecular flexibility index (Phi) is 4.37. The van der Waals surface area contributed by atoms with Crippen LogP contribution in [0.2, 0.25) is 5.02 Å². The molecule has 0 saturated heterocycles. The van der Waals surface area contributed by atoms with Gasteiger partial charge in [0.15, 0.2) is 0 Å². The number of halogens is 2. The normalized spacial score (nSPS) is 24.9. The molecule has 2 rings (SSSR count). The molecule has 94 valence electrons. The van der Waals surface area contributed by atoms with E-state index in [0.717, 1.165) is 25.7 Å². The number of ether oxygens (including phenoxy) is 1. The van der Waals surface area contributed by atoms with Crippen LogP contribution >= 0.6 is 11.6 Å². The summed E-state index contributed by atoms with van der Waals surface area (Å²) < 4.78 is 19.1. The zero-order valence-electron chi connectivity index (χ0n) is 9.66. The number of benzene rings is 1. The van der Waals surface area contributed by atoms with E-state index in [-0.39, 0.29) is 24.6 Å². The van der Waals surface area contributed by atoms with E-state index < -0.39 is 0 Å². The number of hydrogen-bond acceptors (Lipinski definition) is 2. The Bertz CT molecular complexity index is 386. The van der Waals surface area contributed by atoms with Crippen molar-refractivity contribution in [3.05, 3.63) is 34.6 Å². The van der Waals surface area contributed by atoms with Gasteiger partial charge in [0.2, 0.25) is 0 Å². The van der Waals surface area contributed by atoms with Gasteiger partial charge in [-0.3, -0.25) is 0 Å². The molecule has 1 aromatic rings. The maximum absolute atomic E-state index is 13.5. The second-order valence-corrected chi connectivity index (χ2v) is 4.97. The predicted octanol–water partition coefficient (Wildman–Crippen LogP) is 3.27. The lowest BCUT2D eigenvalue weighted by Crippen LogP contribution is -2.39. The van der Waals surface area contributed by atoms with Crippen molar-refractivity contribution < 1.29 is 9.13 Å². The fourth-order valence-electron chi connectivity index (χ4n) is 2.18. The smallest absolute Gasteiger partial charge is 0.128 e. The van der Waals surface area contributed by atoms with Gasteiger partial charge in [0.25, 0.3) is 0 Å². The Labute approximate surface area is 106 Å². The van der Waals surface area contributed by atoms with Crippen molar-refractivity contribution in [3.63, 3.8) is 0 Å². The monoisotopic (exact) mass is 257 g/mol. The van der Waals surface area contributed by atoms with Gasteiger partial charge in [0.05, 0.1) is 12.7 Å². The van der Waals surface area contributed by atoms with Gasteiger partial charge < -0.3 is 10.5 Å². The number of rotatable bonds is 3. The lowest BCUT2D eigenvalue weighted by molar-refractivity contribution is 0.00289. The van der Waals surface area contributed by atoms with Gasteiger partial charge in [-0.05, 0) is 31.0 Å². The Morgan fingerprint density at radius 2 is 2.12 bits per heavy atom.